The number of nitrogens with two attached hydrogens (primary N) is 1. The predicted octanol–water partition coefficient (Wildman–Crippen LogP) is 0.0871. The van der Waals surface area contributed by atoms with E-state index < -0.39 is 15.1 Å². The second kappa shape index (κ2) is 4.78. The molecule has 1 rings (SSSR count). The average Bonchev–Trinajstić information content (AvgIpc) is 2.64. The molecule has 86 valence electrons. The van der Waals surface area contributed by atoms with Gasteiger partial charge in [-0.1, -0.05) is 0 Å². The minimum Gasteiger partial charge on any atom is -0.469 e. The number of sulfone groups is 1. The van der Waals surface area contributed by atoms with Crippen molar-refractivity contribution < 1.29 is 12.8 Å². The van der Waals surface area contributed by atoms with E-state index in [1.165, 1.54) is 6.26 Å². The van der Waals surface area contributed by atoms with Crippen LogP contribution in [-0.2, 0) is 16.3 Å². The zero-order chi connectivity index (χ0) is 11.5. The normalized spacial score (nSPS) is 16.2. The molecule has 1 heterocycles. The van der Waals surface area contributed by atoms with Gasteiger partial charge in [0.2, 0.25) is 0 Å². The van der Waals surface area contributed by atoms with Crippen molar-refractivity contribution in [1.82, 2.24) is 5.43 Å². The van der Waals surface area contributed by atoms with Crippen molar-refractivity contribution in [2.24, 2.45) is 5.84 Å². The lowest BCUT2D eigenvalue weighted by Crippen LogP contribution is -2.47. The molecule has 0 saturated heterocycles. The molecule has 0 spiro atoms. The van der Waals surface area contributed by atoms with Gasteiger partial charge in [-0.25, -0.2) is 8.42 Å². The average molecular weight is 232 g/mol. The van der Waals surface area contributed by atoms with Gasteiger partial charge in [-0.05, 0) is 19.1 Å². The van der Waals surface area contributed by atoms with Gasteiger partial charge in [0.1, 0.15) is 5.76 Å². The van der Waals surface area contributed by atoms with E-state index in [4.69, 9.17) is 10.3 Å². The molecule has 0 amide bonds. The second-order valence-electron chi connectivity index (χ2n) is 3.59. The summed E-state index contributed by atoms with van der Waals surface area (Å²) in [6, 6.07) is 3.21. The second-order valence-corrected chi connectivity index (χ2v) is 5.99. The van der Waals surface area contributed by atoms with Gasteiger partial charge in [0.05, 0.1) is 11.5 Å². The van der Waals surface area contributed by atoms with Crippen LogP contribution in [0.5, 0.6) is 0 Å². The SMILES string of the molecule is CC(C(Cc1ccco1)NN)S(C)(=O)=O. The molecular formula is C9H16N2O3S. The van der Waals surface area contributed by atoms with Gasteiger partial charge in [0.15, 0.2) is 9.84 Å². The highest BCUT2D eigenvalue weighted by Gasteiger charge is 2.25. The highest BCUT2D eigenvalue weighted by molar-refractivity contribution is 7.91. The third-order valence-corrected chi connectivity index (χ3v) is 4.14. The van der Waals surface area contributed by atoms with Crippen LogP contribution >= 0.6 is 0 Å². The molecule has 0 bridgehead atoms. The topological polar surface area (TPSA) is 85.3 Å². The van der Waals surface area contributed by atoms with Crippen molar-refractivity contribution in [3.8, 4) is 0 Å². The van der Waals surface area contributed by atoms with E-state index in [2.05, 4.69) is 5.43 Å². The molecule has 1 aromatic heterocycles. The minimum atomic E-state index is -3.10. The molecule has 1 aromatic rings. The van der Waals surface area contributed by atoms with Crippen LogP contribution in [0.3, 0.4) is 0 Å². The molecule has 0 aliphatic carbocycles. The van der Waals surface area contributed by atoms with Crippen LogP contribution in [-0.4, -0.2) is 26.0 Å². The standard InChI is InChI=1S/C9H16N2O3S/c1-7(15(2,12)13)9(11-10)6-8-4-3-5-14-8/h3-5,7,9,11H,6,10H2,1-2H3. The molecule has 2 atom stereocenters. The molecule has 15 heavy (non-hydrogen) atoms. The summed E-state index contributed by atoms with van der Waals surface area (Å²) < 4.78 is 27.8. The highest BCUT2D eigenvalue weighted by atomic mass is 32.2. The Bertz CT molecular complexity index is 385. The Hall–Kier alpha value is -0.850. The van der Waals surface area contributed by atoms with E-state index in [1.807, 2.05) is 0 Å². The summed E-state index contributed by atoms with van der Waals surface area (Å²) >= 11 is 0. The molecule has 0 aliphatic heterocycles. The molecule has 0 aliphatic rings. The Kier molecular flexibility index (Phi) is 3.90. The summed E-state index contributed by atoms with van der Waals surface area (Å²) in [5.41, 5.74) is 2.51. The van der Waals surface area contributed by atoms with Crippen LogP contribution in [0.4, 0.5) is 0 Å². The van der Waals surface area contributed by atoms with E-state index in [0.717, 1.165) is 0 Å². The van der Waals surface area contributed by atoms with Gasteiger partial charge in [-0.2, -0.15) is 0 Å². The van der Waals surface area contributed by atoms with Crippen molar-refractivity contribution in [2.75, 3.05) is 6.26 Å². The van der Waals surface area contributed by atoms with Crippen molar-refractivity contribution >= 4 is 9.84 Å². The third-order valence-electron chi connectivity index (χ3n) is 2.46. The van der Waals surface area contributed by atoms with Crippen molar-refractivity contribution in [3.63, 3.8) is 0 Å². The number of hydrazine groups is 1. The first kappa shape index (κ1) is 12.2. The lowest BCUT2D eigenvalue weighted by atomic mass is 10.1. The van der Waals surface area contributed by atoms with Gasteiger partial charge in [-0.15, -0.1) is 0 Å². The minimum absolute atomic E-state index is 0.342. The monoisotopic (exact) mass is 232 g/mol. The fourth-order valence-electron chi connectivity index (χ4n) is 1.30. The molecule has 0 radical (unpaired) electrons. The number of furan rings is 1. The highest BCUT2D eigenvalue weighted by Crippen LogP contribution is 2.11. The summed E-state index contributed by atoms with van der Waals surface area (Å²) in [6.45, 7) is 1.63. The first-order valence-corrected chi connectivity index (χ1v) is 6.58. The quantitative estimate of drug-likeness (QED) is 0.555. The van der Waals surface area contributed by atoms with E-state index in [0.29, 0.717) is 12.2 Å². The van der Waals surface area contributed by atoms with Crippen LogP contribution in [0.2, 0.25) is 0 Å². The summed E-state index contributed by atoms with van der Waals surface area (Å²) in [6.07, 6.45) is 3.20. The number of nitrogens with one attached hydrogen (secondary N) is 1. The maximum Gasteiger partial charge on any atom is 0.151 e. The van der Waals surface area contributed by atoms with Gasteiger partial charge < -0.3 is 4.42 Å². The largest absolute Gasteiger partial charge is 0.469 e. The lowest BCUT2D eigenvalue weighted by molar-refractivity contribution is 0.435. The Morgan fingerprint density at radius 3 is 2.67 bits per heavy atom. The van der Waals surface area contributed by atoms with Crippen LogP contribution in [0.25, 0.3) is 0 Å². The van der Waals surface area contributed by atoms with Crippen LogP contribution in [0.15, 0.2) is 22.8 Å². The number of hydrogen-bond acceptors (Lipinski definition) is 5. The summed E-state index contributed by atoms with van der Waals surface area (Å²) in [4.78, 5) is 0. The molecule has 3 N–H and O–H groups in total. The van der Waals surface area contributed by atoms with Crippen molar-refractivity contribution in [2.45, 2.75) is 24.6 Å². The Balaban J connectivity index is 2.73. The van der Waals surface area contributed by atoms with Crippen LogP contribution in [0.1, 0.15) is 12.7 Å². The maximum atomic E-state index is 11.3. The summed E-state index contributed by atoms with van der Waals surface area (Å²) in [7, 11) is -3.10. The number of rotatable bonds is 5. The molecule has 5 nitrogen and oxygen atoms in total. The van der Waals surface area contributed by atoms with E-state index in [1.54, 1.807) is 25.3 Å². The number of hydrogen-bond donors (Lipinski definition) is 2. The molecular weight excluding hydrogens is 216 g/mol. The van der Waals surface area contributed by atoms with E-state index in [9.17, 15) is 8.42 Å². The van der Waals surface area contributed by atoms with Crippen LogP contribution in [0, 0.1) is 0 Å². The molecule has 0 aromatic carbocycles. The smallest absolute Gasteiger partial charge is 0.151 e. The lowest BCUT2D eigenvalue weighted by Gasteiger charge is -2.20. The van der Waals surface area contributed by atoms with Gasteiger partial charge in [0, 0.05) is 18.7 Å². The summed E-state index contributed by atoms with van der Waals surface area (Å²) in [5.74, 6) is 6.05. The van der Waals surface area contributed by atoms with Gasteiger partial charge >= 0.3 is 0 Å². The Morgan fingerprint density at radius 2 is 2.27 bits per heavy atom. The Labute approximate surface area is 89.5 Å². The third kappa shape index (κ3) is 3.33. The first-order valence-electron chi connectivity index (χ1n) is 4.62. The zero-order valence-electron chi connectivity index (χ0n) is 8.80. The predicted molar refractivity (Wildman–Crippen MR) is 57.8 cm³/mol. The van der Waals surface area contributed by atoms with Crippen LogP contribution < -0.4 is 11.3 Å². The van der Waals surface area contributed by atoms with E-state index >= 15 is 0 Å². The van der Waals surface area contributed by atoms with E-state index in [-0.39, 0.29) is 6.04 Å². The fourth-order valence-corrected chi connectivity index (χ4v) is 2.08. The fraction of sp³-hybridized carbons (Fsp3) is 0.556. The summed E-state index contributed by atoms with van der Waals surface area (Å²) in [5, 5.41) is -0.549. The van der Waals surface area contributed by atoms with Gasteiger partial charge in [0.25, 0.3) is 0 Å². The molecule has 0 fully saturated rings. The van der Waals surface area contributed by atoms with Crippen molar-refractivity contribution in [3.05, 3.63) is 24.2 Å². The molecule has 2 unspecified atom stereocenters. The van der Waals surface area contributed by atoms with Crippen molar-refractivity contribution in [1.29, 1.82) is 0 Å². The first-order chi connectivity index (χ1) is 6.95. The maximum absolute atomic E-state index is 11.3. The molecule has 0 saturated carbocycles. The molecule has 6 heteroatoms. The zero-order valence-corrected chi connectivity index (χ0v) is 9.62. The Morgan fingerprint density at radius 1 is 1.60 bits per heavy atom. The van der Waals surface area contributed by atoms with Gasteiger partial charge in [-0.3, -0.25) is 11.3 Å².